The highest BCUT2D eigenvalue weighted by atomic mass is 16.5. The van der Waals surface area contributed by atoms with Crippen LogP contribution in [0.4, 0.5) is 0 Å². The molecular formula is C16H25NO4. The molecule has 118 valence electrons. The fourth-order valence-electron chi connectivity index (χ4n) is 2.61. The summed E-state index contributed by atoms with van der Waals surface area (Å²) in [7, 11) is 4.84. The van der Waals surface area contributed by atoms with Crippen LogP contribution in [-0.4, -0.2) is 52.5 Å². The molecule has 1 fully saturated rings. The molecule has 1 aliphatic heterocycles. The molecule has 5 nitrogen and oxygen atoms in total. The molecule has 0 saturated carbocycles. The monoisotopic (exact) mass is 295 g/mol. The molecule has 0 unspecified atom stereocenters. The van der Waals surface area contributed by atoms with E-state index < -0.39 is 0 Å². The zero-order chi connectivity index (χ0) is 15.1. The number of ether oxygens (including phenoxy) is 4. The van der Waals surface area contributed by atoms with Gasteiger partial charge in [-0.1, -0.05) is 0 Å². The summed E-state index contributed by atoms with van der Waals surface area (Å²) in [5.41, 5.74) is 1.02. The Balaban J connectivity index is 1.89. The number of benzene rings is 1. The van der Waals surface area contributed by atoms with Gasteiger partial charge in [0, 0.05) is 6.54 Å². The van der Waals surface area contributed by atoms with Gasteiger partial charge in [-0.3, -0.25) is 0 Å². The summed E-state index contributed by atoms with van der Waals surface area (Å²) in [6, 6.07) is 3.86. The lowest BCUT2D eigenvalue weighted by molar-refractivity contribution is 0.0989. The Kier molecular flexibility index (Phi) is 6.14. The van der Waals surface area contributed by atoms with Gasteiger partial charge in [-0.2, -0.15) is 0 Å². The highest BCUT2D eigenvalue weighted by molar-refractivity contribution is 5.53. The molecular weight excluding hydrogens is 270 g/mol. The summed E-state index contributed by atoms with van der Waals surface area (Å²) in [6.45, 7) is 4.70. The number of hydrogen-bond donors (Lipinski definition) is 0. The molecule has 0 N–H and O–H groups in total. The Morgan fingerprint density at radius 3 is 2.10 bits per heavy atom. The van der Waals surface area contributed by atoms with E-state index in [1.165, 1.54) is 25.9 Å². The van der Waals surface area contributed by atoms with Crippen LogP contribution >= 0.6 is 0 Å². The normalized spacial score (nSPS) is 15.2. The quantitative estimate of drug-likeness (QED) is 0.688. The molecule has 2 rings (SSSR count). The minimum absolute atomic E-state index is 0.546. The van der Waals surface area contributed by atoms with Crippen LogP contribution in [0.2, 0.25) is 0 Å². The first-order valence-electron chi connectivity index (χ1n) is 7.37. The second-order valence-electron chi connectivity index (χ2n) is 5.13. The summed E-state index contributed by atoms with van der Waals surface area (Å²) >= 11 is 0. The van der Waals surface area contributed by atoms with E-state index in [2.05, 4.69) is 4.90 Å². The largest absolute Gasteiger partial charge is 0.493 e. The lowest BCUT2D eigenvalue weighted by atomic mass is 10.2. The Labute approximate surface area is 126 Å². The Bertz CT molecular complexity index is 419. The lowest BCUT2D eigenvalue weighted by Gasteiger charge is -2.16. The fraction of sp³-hybridized carbons (Fsp3) is 0.625. The van der Waals surface area contributed by atoms with Gasteiger partial charge in [0.05, 0.1) is 34.5 Å². The van der Waals surface area contributed by atoms with Crippen LogP contribution in [-0.2, 0) is 11.3 Å². The number of likely N-dealkylation sites (tertiary alicyclic amines) is 1. The van der Waals surface area contributed by atoms with Gasteiger partial charge in [-0.05, 0) is 43.6 Å². The van der Waals surface area contributed by atoms with Crippen molar-refractivity contribution in [1.82, 2.24) is 4.90 Å². The van der Waals surface area contributed by atoms with E-state index in [0.717, 1.165) is 18.7 Å². The molecule has 0 aromatic heterocycles. The van der Waals surface area contributed by atoms with Crippen LogP contribution in [0.5, 0.6) is 17.2 Å². The predicted molar refractivity (Wildman–Crippen MR) is 81.4 cm³/mol. The summed E-state index contributed by atoms with van der Waals surface area (Å²) in [5.74, 6) is 1.94. The first-order chi connectivity index (χ1) is 10.3. The number of methoxy groups -OCH3 is 3. The minimum Gasteiger partial charge on any atom is -0.493 e. The first kappa shape index (κ1) is 15.9. The molecule has 0 amide bonds. The Morgan fingerprint density at radius 1 is 0.952 bits per heavy atom. The molecule has 5 heteroatoms. The van der Waals surface area contributed by atoms with Gasteiger partial charge in [0.15, 0.2) is 11.5 Å². The molecule has 1 aromatic rings. The molecule has 1 aliphatic rings. The summed E-state index contributed by atoms with van der Waals surface area (Å²) in [5, 5.41) is 0. The summed E-state index contributed by atoms with van der Waals surface area (Å²) in [6.07, 6.45) is 2.62. The topological polar surface area (TPSA) is 40.2 Å². The average Bonchev–Trinajstić information content (AvgIpc) is 3.03. The second-order valence-corrected chi connectivity index (χ2v) is 5.13. The van der Waals surface area contributed by atoms with E-state index in [-0.39, 0.29) is 0 Å². The van der Waals surface area contributed by atoms with Crippen LogP contribution in [0.1, 0.15) is 18.4 Å². The van der Waals surface area contributed by atoms with Crippen molar-refractivity contribution < 1.29 is 18.9 Å². The Morgan fingerprint density at radius 2 is 1.57 bits per heavy atom. The third kappa shape index (κ3) is 4.25. The molecule has 0 aliphatic carbocycles. The van der Waals surface area contributed by atoms with Crippen molar-refractivity contribution in [1.29, 1.82) is 0 Å². The molecule has 0 spiro atoms. The van der Waals surface area contributed by atoms with Gasteiger partial charge in [0.25, 0.3) is 0 Å². The maximum Gasteiger partial charge on any atom is 0.203 e. The van der Waals surface area contributed by atoms with Crippen LogP contribution < -0.4 is 14.2 Å². The zero-order valence-electron chi connectivity index (χ0n) is 13.2. The molecule has 0 atom stereocenters. The SMILES string of the molecule is COc1cc(COCCN2CCCC2)cc(OC)c1OC. The van der Waals surface area contributed by atoms with Crippen molar-refractivity contribution >= 4 is 0 Å². The van der Waals surface area contributed by atoms with E-state index in [4.69, 9.17) is 18.9 Å². The van der Waals surface area contributed by atoms with Crippen molar-refractivity contribution in [2.45, 2.75) is 19.4 Å². The molecule has 21 heavy (non-hydrogen) atoms. The van der Waals surface area contributed by atoms with Gasteiger partial charge < -0.3 is 23.8 Å². The smallest absolute Gasteiger partial charge is 0.203 e. The van der Waals surface area contributed by atoms with E-state index >= 15 is 0 Å². The van der Waals surface area contributed by atoms with Crippen molar-refractivity contribution in [2.75, 3.05) is 47.6 Å². The molecule has 0 radical (unpaired) electrons. The van der Waals surface area contributed by atoms with Crippen molar-refractivity contribution in [3.8, 4) is 17.2 Å². The zero-order valence-corrected chi connectivity index (χ0v) is 13.2. The maximum atomic E-state index is 5.76. The van der Waals surface area contributed by atoms with Gasteiger partial charge >= 0.3 is 0 Å². The van der Waals surface area contributed by atoms with Crippen molar-refractivity contribution in [3.63, 3.8) is 0 Å². The third-order valence-electron chi connectivity index (χ3n) is 3.74. The van der Waals surface area contributed by atoms with Gasteiger partial charge in [-0.15, -0.1) is 0 Å². The van der Waals surface area contributed by atoms with E-state index in [1.54, 1.807) is 21.3 Å². The summed E-state index contributed by atoms with van der Waals surface area (Å²) in [4.78, 5) is 2.44. The number of hydrogen-bond acceptors (Lipinski definition) is 5. The number of rotatable bonds is 8. The van der Waals surface area contributed by atoms with E-state index in [0.29, 0.717) is 23.9 Å². The van der Waals surface area contributed by atoms with Crippen molar-refractivity contribution in [2.24, 2.45) is 0 Å². The van der Waals surface area contributed by atoms with Crippen LogP contribution in [0.15, 0.2) is 12.1 Å². The molecule has 0 bridgehead atoms. The lowest BCUT2D eigenvalue weighted by Crippen LogP contribution is -2.23. The van der Waals surface area contributed by atoms with Crippen molar-refractivity contribution in [3.05, 3.63) is 17.7 Å². The molecule has 1 aromatic carbocycles. The predicted octanol–water partition coefficient (Wildman–Crippen LogP) is 2.32. The minimum atomic E-state index is 0.546. The van der Waals surface area contributed by atoms with Gasteiger partial charge in [-0.25, -0.2) is 0 Å². The maximum absolute atomic E-state index is 5.76. The highest BCUT2D eigenvalue weighted by Gasteiger charge is 2.14. The van der Waals surface area contributed by atoms with Crippen LogP contribution in [0.25, 0.3) is 0 Å². The van der Waals surface area contributed by atoms with Gasteiger partial charge in [0.1, 0.15) is 0 Å². The molecule has 1 heterocycles. The Hall–Kier alpha value is -1.46. The molecule has 1 saturated heterocycles. The third-order valence-corrected chi connectivity index (χ3v) is 3.74. The summed E-state index contributed by atoms with van der Waals surface area (Å²) < 4.78 is 21.7. The average molecular weight is 295 g/mol. The fourth-order valence-corrected chi connectivity index (χ4v) is 2.61. The van der Waals surface area contributed by atoms with Crippen LogP contribution in [0, 0.1) is 0 Å². The van der Waals surface area contributed by atoms with Crippen LogP contribution in [0.3, 0.4) is 0 Å². The first-order valence-corrected chi connectivity index (χ1v) is 7.37. The van der Waals surface area contributed by atoms with E-state index in [1.807, 2.05) is 12.1 Å². The van der Waals surface area contributed by atoms with Gasteiger partial charge in [0.2, 0.25) is 5.75 Å². The standard InChI is InChI=1S/C16H25NO4/c1-18-14-10-13(11-15(19-2)16(14)20-3)12-21-9-8-17-6-4-5-7-17/h10-11H,4-9,12H2,1-3H3. The second kappa shape index (κ2) is 8.10. The van der Waals surface area contributed by atoms with E-state index in [9.17, 15) is 0 Å². The number of nitrogens with zero attached hydrogens (tertiary/aromatic N) is 1. The highest BCUT2D eigenvalue weighted by Crippen LogP contribution is 2.38.